The molecule has 3 N–H and O–H groups in total. The lowest BCUT2D eigenvalue weighted by Gasteiger charge is -2.31. The Balaban J connectivity index is 1.56. The summed E-state index contributed by atoms with van der Waals surface area (Å²) >= 11 is 0. The molecule has 2 aliphatic rings. The van der Waals surface area contributed by atoms with Crippen LogP contribution in [0.2, 0.25) is 0 Å². The summed E-state index contributed by atoms with van der Waals surface area (Å²) < 4.78 is 0. The van der Waals surface area contributed by atoms with Gasteiger partial charge in [0.1, 0.15) is 0 Å². The van der Waals surface area contributed by atoms with Gasteiger partial charge in [-0.05, 0) is 71.1 Å². The summed E-state index contributed by atoms with van der Waals surface area (Å²) in [4.78, 5) is 2.45. The van der Waals surface area contributed by atoms with Crippen molar-refractivity contribution < 1.29 is 0 Å². The molecular formula is C14H29N3. The second-order valence-corrected chi connectivity index (χ2v) is 6.11. The zero-order valence-corrected chi connectivity index (χ0v) is 11.3. The molecule has 1 aliphatic heterocycles. The van der Waals surface area contributed by atoms with Crippen LogP contribution < -0.4 is 11.1 Å². The molecule has 17 heavy (non-hydrogen) atoms. The lowest BCUT2D eigenvalue weighted by Crippen LogP contribution is -2.40. The minimum Gasteiger partial charge on any atom is -0.328 e. The zero-order valence-electron chi connectivity index (χ0n) is 11.3. The number of piperidine rings is 1. The van der Waals surface area contributed by atoms with E-state index in [2.05, 4.69) is 17.3 Å². The maximum atomic E-state index is 6.01. The van der Waals surface area contributed by atoms with Crippen molar-refractivity contribution in [3.05, 3.63) is 0 Å². The van der Waals surface area contributed by atoms with E-state index in [-0.39, 0.29) is 0 Å². The van der Waals surface area contributed by atoms with E-state index in [1.165, 1.54) is 64.6 Å². The number of nitrogens with one attached hydrogen (secondary N) is 1. The fourth-order valence-electron chi connectivity index (χ4n) is 3.26. The molecule has 1 saturated carbocycles. The number of nitrogens with two attached hydrogens (primary N) is 1. The highest BCUT2D eigenvalue weighted by atomic mass is 15.1. The Hall–Kier alpha value is -0.120. The van der Waals surface area contributed by atoms with Crippen molar-refractivity contribution in [2.24, 2.45) is 11.7 Å². The van der Waals surface area contributed by atoms with Gasteiger partial charge < -0.3 is 16.0 Å². The van der Waals surface area contributed by atoms with E-state index in [1.807, 2.05) is 0 Å². The summed E-state index contributed by atoms with van der Waals surface area (Å²) in [7, 11) is 2.23. The van der Waals surface area contributed by atoms with Crippen LogP contribution in [0.3, 0.4) is 0 Å². The molecule has 2 fully saturated rings. The predicted octanol–water partition coefficient (Wildman–Crippen LogP) is 1.58. The van der Waals surface area contributed by atoms with Crippen LogP contribution in [-0.2, 0) is 0 Å². The first-order chi connectivity index (χ1) is 8.24. The van der Waals surface area contributed by atoms with Crippen LogP contribution in [0, 0.1) is 5.92 Å². The second kappa shape index (κ2) is 6.72. The monoisotopic (exact) mass is 239 g/mol. The molecule has 0 amide bonds. The molecule has 2 atom stereocenters. The molecule has 0 aromatic heterocycles. The maximum Gasteiger partial charge on any atom is 0.00818 e. The number of hydrogen-bond donors (Lipinski definition) is 2. The summed E-state index contributed by atoms with van der Waals surface area (Å²) in [5.41, 5.74) is 6.01. The molecule has 2 rings (SSSR count). The lowest BCUT2D eigenvalue weighted by atomic mass is 9.90. The van der Waals surface area contributed by atoms with Crippen molar-refractivity contribution >= 4 is 0 Å². The second-order valence-electron chi connectivity index (χ2n) is 6.11. The molecule has 1 heterocycles. The fraction of sp³-hybridized carbons (Fsp3) is 1.00. The van der Waals surface area contributed by atoms with Crippen molar-refractivity contribution in [3.8, 4) is 0 Å². The summed E-state index contributed by atoms with van der Waals surface area (Å²) in [5, 5.41) is 3.72. The third kappa shape index (κ3) is 4.57. The molecule has 2 unspecified atom stereocenters. The molecule has 0 bridgehead atoms. The average Bonchev–Trinajstić information content (AvgIpc) is 2.32. The van der Waals surface area contributed by atoms with Crippen molar-refractivity contribution in [3.63, 3.8) is 0 Å². The highest BCUT2D eigenvalue weighted by Crippen LogP contribution is 2.20. The molecule has 3 nitrogen and oxygen atoms in total. The molecular weight excluding hydrogens is 210 g/mol. The van der Waals surface area contributed by atoms with Crippen LogP contribution in [0.4, 0.5) is 0 Å². The molecule has 0 spiro atoms. The first-order valence-electron chi connectivity index (χ1n) is 7.41. The summed E-state index contributed by atoms with van der Waals surface area (Å²) in [6.07, 6.45) is 9.21. The van der Waals surface area contributed by atoms with Gasteiger partial charge in [-0.15, -0.1) is 0 Å². The van der Waals surface area contributed by atoms with Crippen LogP contribution in [0.1, 0.15) is 44.9 Å². The standard InChI is InChI=1S/C14H29N3/c1-17-9-6-12(7-10-17)5-8-16-14-4-2-3-13(15)11-14/h12-14,16H,2-11,15H2,1H3. The van der Waals surface area contributed by atoms with Crippen molar-refractivity contribution in [1.82, 2.24) is 10.2 Å². The number of rotatable bonds is 4. The molecule has 100 valence electrons. The normalized spacial score (nSPS) is 32.8. The van der Waals surface area contributed by atoms with E-state index in [1.54, 1.807) is 0 Å². The molecule has 1 aliphatic carbocycles. The maximum absolute atomic E-state index is 6.01. The Morgan fingerprint density at radius 2 is 1.94 bits per heavy atom. The van der Waals surface area contributed by atoms with E-state index < -0.39 is 0 Å². The average molecular weight is 239 g/mol. The summed E-state index contributed by atoms with van der Waals surface area (Å²) in [6, 6.07) is 1.15. The highest BCUT2D eigenvalue weighted by Gasteiger charge is 2.20. The summed E-state index contributed by atoms with van der Waals surface area (Å²) in [5.74, 6) is 0.955. The summed E-state index contributed by atoms with van der Waals surface area (Å²) in [6.45, 7) is 3.78. The molecule has 0 aromatic rings. The SMILES string of the molecule is CN1CCC(CCNC2CCCC(N)C2)CC1. The third-order valence-electron chi connectivity index (χ3n) is 4.54. The van der Waals surface area contributed by atoms with Crippen LogP contribution in [0.15, 0.2) is 0 Å². The Morgan fingerprint density at radius 3 is 2.65 bits per heavy atom. The first-order valence-corrected chi connectivity index (χ1v) is 7.41. The fourth-order valence-corrected chi connectivity index (χ4v) is 3.26. The van der Waals surface area contributed by atoms with Gasteiger partial charge in [0.25, 0.3) is 0 Å². The van der Waals surface area contributed by atoms with Crippen LogP contribution in [0.5, 0.6) is 0 Å². The zero-order chi connectivity index (χ0) is 12.1. The van der Waals surface area contributed by atoms with Gasteiger partial charge in [-0.3, -0.25) is 0 Å². The molecule has 3 heteroatoms. The van der Waals surface area contributed by atoms with Gasteiger partial charge in [0.05, 0.1) is 0 Å². The van der Waals surface area contributed by atoms with Gasteiger partial charge in [0.2, 0.25) is 0 Å². The van der Waals surface area contributed by atoms with Crippen LogP contribution >= 0.6 is 0 Å². The number of likely N-dealkylation sites (tertiary alicyclic amines) is 1. The van der Waals surface area contributed by atoms with Gasteiger partial charge in [-0.2, -0.15) is 0 Å². The molecule has 0 radical (unpaired) electrons. The molecule has 1 saturated heterocycles. The van der Waals surface area contributed by atoms with E-state index in [0.717, 1.165) is 5.92 Å². The Labute approximate surface area is 106 Å². The van der Waals surface area contributed by atoms with Crippen LogP contribution in [-0.4, -0.2) is 43.7 Å². The van der Waals surface area contributed by atoms with Crippen molar-refractivity contribution in [2.75, 3.05) is 26.7 Å². The van der Waals surface area contributed by atoms with E-state index in [9.17, 15) is 0 Å². The predicted molar refractivity (Wildman–Crippen MR) is 73.1 cm³/mol. The quantitative estimate of drug-likeness (QED) is 0.782. The van der Waals surface area contributed by atoms with Gasteiger partial charge in [-0.1, -0.05) is 6.42 Å². The minimum absolute atomic E-state index is 0.449. The van der Waals surface area contributed by atoms with Crippen molar-refractivity contribution in [1.29, 1.82) is 0 Å². The number of nitrogens with zero attached hydrogens (tertiary/aromatic N) is 1. The smallest absolute Gasteiger partial charge is 0.00818 e. The van der Waals surface area contributed by atoms with E-state index >= 15 is 0 Å². The highest BCUT2D eigenvalue weighted by molar-refractivity contribution is 4.80. The van der Waals surface area contributed by atoms with E-state index in [4.69, 9.17) is 5.73 Å². The Bertz CT molecular complexity index is 212. The van der Waals surface area contributed by atoms with Gasteiger partial charge in [0, 0.05) is 12.1 Å². The lowest BCUT2D eigenvalue weighted by molar-refractivity contribution is 0.208. The van der Waals surface area contributed by atoms with Gasteiger partial charge in [0.15, 0.2) is 0 Å². The largest absolute Gasteiger partial charge is 0.328 e. The van der Waals surface area contributed by atoms with Crippen molar-refractivity contribution in [2.45, 2.75) is 57.0 Å². The van der Waals surface area contributed by atoms with E-state index in [0.29, 0.717) is 12.1 Å². The third-order valence-corrected chi connectivity index (χ3v) is 4.54. The van der Waals surface area contributed by atoms with Gasteiger partial charge >= 0.3 is 0 Å². The molecule has 0 aromatic carbocycles. The minimum atomic E-state index is 0.449. The van der Waals surface area contributed by atoms with Gasteiger partial charge in [-0.25, -0.2) is 0 Å². The first kappa shape index (κ1) is 13.3. The topological polar surface area (TPSA) is 41.3 Å². The Kier molecular flexibility index (Phi) is 5.26. The number of hydrogen-bond acceptors (Lipinski definition) is 3. The Morgan fingerprint density at radius 1 is 1.18 bits per heavy atom. The van der Waals surface area contributed by atoms with Crippen LogP contribution in [0.25, 0.3) is 0 Å².